The van der Waals surface area contributed by atoms with E-state index in [9.17, 15) is 0 Å². The van der Waals surface area contributed by atoms with Gasteiger partial charge in [-0.1, -0.05) is 102 Å². The first-order valence-corrected chi connectivity index (χ1v) is 14.6. The lowest BCUT2D eigenvalue weighted by molar-refractivity contribution is 0.589. The SMILES string of the molecule is CC(C)(C)c1ccc2c(c1)C([Si](Cl)(Cl)C1C=CC=C1)c1cc(C(C)(C)C)ccc1-2. The van der Waals surface area contributed by atoms with Gasteiger partial charge >= 0.3 is 0 Å². The number of hydrogen-bond donors (Lipinski definition) is 0. The van der Waals surface area contributed by atoms with Crippen molar-refractivity contribution in [2.75, 3.05) is 0 Å². The van der Waals surface area contributed by atoms with Gasteiger partial charge in [-0.15, -0.1) is 22.2 Å². The van der Waals surface area contributed by atoms with Gasteiger partial charge in [0.1, 0.15) is 0 Å². The first-order chi connectivity index (χ1) is 13.4. The summed E-state index contributed by atoms with van der Waals surface area (Å²) >= 11 is 14.7. The van der Waals surface area contributed by atoms with Crippen LogP contribution in [0.15, 0.2) is 60.7 Å². The van der Waals surface area contributed by atoms with Crippen molar-refractivity contribution in [3.63, 3.8) is 0 Å². The van der Waals surface area contributed by atoms with Crippen molar-refractivity contribution < 1.29 is 0 Å². The van der Waals surface area contributed by atoms with Gasteiger partial charge in [-0.3, -0.25) is 0 Å². The molecule has 0 heterocycles. The van der Waals surface area contributed by atoms with Gasteiger partial charge in [0.25, 0.3) is 6.69 Å². The Balaban J connectivity index is 1.96. The van der Waals surface area contributed by atoms with Gasteiger partial charge in [0.2, 0.25) is 0 Å². The lowest BCUT2D eigenvalue weighted by Crippen LogP contribution is -2.34. The average molecular weight is 442 g/mol. The fraction of sp³-hybridized carbons (Fsp3) is 0.385. The molecule has 0 saturated heterocycles. The molecule has 0 radical (unpaired) electrons. The normalized spacial score (nSPS) is 17.1. The zero-order chi connectivity index (χ0) is 21.2. The van der Waals surface area contributed by atoms with Gasteiger partial charge in [0.05, 0.1) is 0 Å². The molecule has 0 bridgehead atoms. The Bertz CT molecular complexity index is 940. The molecular weight excluding hydrogens is 411 g/mol. The Kier molecular flexibility index (Phi) is 4.97. The number of hydrogen-bond acceptors (Lipinski definition) is 0. The fourth-order valence-corrected chi connectivity index (χ4v) is 9.20. The molecule has 0 atom stereocenters. The van der Waals surface area contributed by atoms with Crippen LogP contribution in [-0.2, 0) is 10.8 Å². The minimum atomic E-state index is -2.73. The van der Waals surface area contributed by atoms with Crippen LogP contribution in [0.4, 0.5) is 0 Å². The van der Waals surface area contributed by atoms with Gasteiger partial charge in [0, 0.05) is 11.1 Å². The van der Waals surface area contributed by atoms with Gasteiger partial charge < -0.3 is 0 Å². The molecule has 0 saturated carbocycles. The third kappa shape index (κ3) is 3.56. The summed E-state index contributed by atoms with van der Waals surface area (Å²) in [6.07, 6.45) is 8.49. The van der Waals surface area contributed by atoms with Crippen LogP contribution in [-0.4, -0.2) is 6.69 Å². The summed E-state index contributed by atoms with van der Waals surface area (Å²) in [6.45, 7) is 10.8. The Morgan fingerprint density at radius 1 is 0.690 bits per heavy atom. The highest BCUT2D eigenvalue weighted by molar-refractivity contribution is 7.47. The van der Waals surface area contributed by atoms with E-state index in [4.69, 9.17) is 22.2 Å². The Hall–Kier alpha value is -1.28. The highest BCUT2D eigenvalue weighted by Crippen LogP contribution is 2.56. The van der Waals surface area contributed by atoms with Crippen LogP contribution in [0.2, 0.25) is 5.54 Å². The summed E-state index contributed by atoms with van der Waals surface area (Å²) in [7, 11) is 0. The van der Waals surface area contributed by atoms with Crippen LogP contribution in [0.3, 0.4) is 0 Å². The van der Waals surface area contributed by atoms with E-state index in [1.807, 2.05) is 0 Å². The fourth-order valence-electron chi connectivity index (χ4n) is 4.49. The summed E-state index contributed by atoms with van der Waals surface area (Å²) < 4.78 is 0. The second kappa shape index (κ2) is 6.87. The van der Waals surface area contributed by atoms with Gasteiger partial charge in [0.15, 0.2) is 0 Å². The second-order valence-electron chi connectivity index (χ2n) is 10.5. The van der Waals surface area contributed by atoms with Crippen LogP contribution in [0.5, 0.6) is 0 Å². The zero-order valence-corrected chi connectivity index (χ0v) is 20.7. The molecule has 4 rings (SSSR count). The second-order valence-corrected chi connectivity index (χ2v) is 17.4. The van der Waals surface area contributed by atoms with Gasteiger partial charge in [-0.2, -0.15) is 0 Å². The molecule has 29 heavy (non-hydrogen) atoms. The van der Waals surface area contributed by atoms with Crippen LogP contribution >= 0.6 is 22.2 Å². The number of rotatable bonds is 2. The Morgan fingerprint density at radius 2 is 1.10 bits per heavy atom. The molecule has 0 aliphatic heterocycles. The monoisotopic (exact) mass is 440 g/mol. The lowest BCUT2D eigenvalue weighted by Gasteiger charge is -2.31. The molecule has 0 aromatic heterocycles. The molecule has 3 heteroatoms. The third-order valence-corrected chi connectivity index (χ3v) is 11.8. The van der Waals surface area contributed by atoms with Crippen LogP contribution < -0.4 is 0 Å². The topological polar surface area (TPSA) is 0 Å². The van der Waals surface area contributed by atoms with Crippen molar-refractivity contribution in [2.45, 2.75) is 63.5 Å². The molecule has 152 valence electrons. The summed E-state index contributed by atoms with van der Waals surface area (Å²) in [5.41, 5.74) is 8.24. The van der Waals surface area contributed by atoms with E-state index >= 15 is 0 Å². The summed E-state index contributed by atoms with van der Waals surface area (Å²) in [4.78, 5) is 0. The van der Waals surface area contributed by atoms with Crippen molar-refractivity contribution in [1.82, 2.24) is 0 Å². The number of allylic oxidation sites excluding steroid dienone is 4. The van der Waals surface area contributed by atoms with E-state index in [1.165, 1.54) is 33.4 Å². The predicted molar refractivity (Wildman–Crippen MR) is 131 cm³/mol. The van der Waals surface area contributed by atoms with E-state index in [0.717, 1.165) is 0 Å². The van der Waals surface area contributed by atoms with Crippen LogP contribution in [0, 0.1) is 0 Å². The minimum Gasteiger partial charge on any atom is -0.144 e. The Labute approximate surface area is 186 Å². The van der Waals surface area contributed by atoms with Gasteiger partial charge in [-0.05, 0) is 44.2 Å². The van der Waals surface area contributed by atoms with Crippen molar-refractivity contribution in [1.29, 1.82) is 0 Å². The van der Waals surface area contributed by atoms with Crippen molar-refractivity contribution in [2.24, 2.45) is 0 Å². The number of benzene rings is 2. The maximum absolute atomic E-state index is 7.34. The van der Waals surface area contributed by atoms with Crippen LogP contribution in [0.1, 0.15) is 69.3 Å². The molecule has 2 aliphatic rings. The first-order valence-electron chi connectivity index (χ1n) is 10.4. The number of halogens is 2. The van der Waals surface area contributed by atoms with E-state index in [-0.39, 0.29) is 21.9 Å². The molecule has 2 aromatic carbocycles. The maximum atomic E-state index is 7.34. The minimum absolute atomic E-state index is 0.0674. The average Bonchev–Trinajstić information content (AvgIpc) is 3.26. The van der Waals surface area contributed by atoms with E-state index in [1.54, 1.807) is 0 Å². The summed E-state index contributed by atoms with van der Waals surface area (Å²) in [6, 6.07) is 13.8. The quantitative estimate of drug-likeness (QED) is 0.324. The van der Waals surface area contributed by atoms with Crippen LogP contribution in [0.25, 0.3) is 11.1 Å². The molecule has 2 aliphatic carbocycles. The van der Waals surface area contributed by atoms with Crippen molar-refractivity contribution in [3.8, 4) is 11.1 Å². The molecule has 2 aromatic rings. The van der Waals surface area contributed by atoms with E-state index < -0.39 is 6.69 Å². The molecule has 0 N–H and O–H groups in total. The number of fused-ring (bicyclic) bond motifs is 3. The molecule has 0 amide bonds. The lowest BCUT2D eigenvalue weighted by atomic mass is 9.85. The Morgan fingerprint density at radius 3 is 1.48 bits per heavy atom. The van der Waals surface area contributed by atoms with Crippen molar-refractivity contribution >= 4 is 28.9 Å². The van der Waals surface area contributed by atoms with Crippen molar-refractivity contribution in [3.05, 3.63) is 83.0 Å². The smallest absolute Gasteiger partial charge is 0.144 e. The highest BCUT2D eigenvalue weighted by atomic mass is 35.7. The molecule has 0 nitrogen and oxygen atoms in total. The third-order valence-electron chi connectivity index (χ3n) is 6.32. The maximum Gasteiger partial charge on any atom is 0.273 e. The van der Waals surface area contributed by atoms with E-state index in [0.29, 0.717) is 0 Å². The molecule has 0 fully saturated rings. The first kappa shape index (κ1) is 21.0. The van der Waals surface area contributed by atoms with E-state index in [2.05, 4.69) is 102 Å². The summed E-state index contributed by atoms with van der Waals surface area (Å²) in [5, 5.41) is 0. The molecule has 0 spiro atoms. The zero-order valence-electron chi connectivity index (χ0n) is 18.2. The largest absolute Gasteiger partial charge is 0.273 e. The molecule has 0 unspecified atom stereocenters. The predicted octanol–water partition coefficient (Wildman–Crippen LogP) is 8.35. The standard InChI is InChI=1S/C26H30Cl2Si/c1-25(2,3)17-11-13-20-21-14-12-18(26(4,5)6)16-23(21)24(22(20)15-17)29(27,28)19-9-7-8-10-19/h7-16,19,24H,1-6H3. The molecular formula is C26H30Cl2Si. The highest BCUT2D eigenvalue weighted by Gasteiger charge is 2.50. The van der Waals surface area contributed by atoms with Gasteiger partial charge in [-0.25, -0.2) is 0 Å². The summed E-state index contributed by atoms with van der Waals surface area (Å²) in [5.74, 6) is 0.